The minimum atomic E-state index is 0.533. The molecule has 0 aliphatic rings. The van der Waals surface area contributed by atoms with E-state index in [2.05, 4.69) is 30.3 Å². The van der Waals surface area contributed by atoms with Crippen molar-refractivity contribution in [3.8, 4) is 11.5 Å². The molecular formula is C18H16O2. The van der Waals surface area contributed by atoms with E-state index in [1.165, 1.54) is 10.8 Å². The summed E-state index contributed by atoms with van der Waals surface area (Å²) in [5.74, 6) is 1.52. The van der Waals surface area contributed by atoms with Gasteiger partial charge in [-0.05, 0) is 34.5 Å². The molecule has 2 heteroatoms. The smallest absolute Gasteiger partial charge is 0.161 e. The van der Waals surface area contributed by atoms with Gasteiger partial charge in [-0.2, -0.15) is 0 Å². The van der Waals surface area contributed by atoms with Crippen LogP contribution < -0.4 is 9.47 Å². The summed E-state index contributed by atoms with van der Waals surface area (Å²) in [4.78, 5) is 0. The first kappa shape index (κ1) is 12.5. The van der Waals surface area contributed by atoms with Gasteiger partial charge in [-0.25, -0.2) is 0 Å². The molecule has 0 saturated heterocycles. The van der Waals surface area contributed by atoms with E-state index in [1.807, 2.05) is 36.4 Å². The lowest BCUT2D eigenvalue weighted by Gasteiger charge is -2.10. The molecule has 20 heavy (non-hydrogen) atoms. The molecule has 2 nitrogen and oxygen atoms in total. The number of fused-ring (bicyclic) bond motifs is 1. The van der Waals surface area contributed by atoms with Crippen LogP contribution in [0.4, 0.5) is 0 Å². The van der Waals surface area contributed by atoms with Crippen molar-refractivity contribution < 1.29 is 9.47 Å². The maximum absolute atomic E-state index is 5.84. The number of rotatable bonds is 4. The highest BCUT2D eigenvalue weighted by atomic mass is 16.5. The normalized spacial score (nSPS) is 10.4. The van der Waals surface area contributed by atoms with Crippen molar-refractivity contribution in [1.82, 2.24) is 0 Å². The number of methoxy groups -OCH3 is 1. The number of para-hydroxylation sites is 2. The van der Waals surface area contributed by atoms with Crippen LogP contribution in [-0.2, 0) is 6.61 Å². The zero-order valence-electron chi connectivity index (χ0n) is 11.4. The highest BCUT2D eigenvalue weighted by Crippen LogP contribution is 2.27. The van der Waals surface area contributed by atoms with Crippen LogP contribution >= 0.6 is 0 Å². The van der Waals surface area contributed by atoms with Gasteiger partial charge in [0, 0.05) is 0 Å². The van der Waals surface area contributed by atoms with Crippen LogP contribution in [0.25, 0.3) is 10.8 Å². The van der Waals surface area contributed by atoms with Crippen LogP contribution in [0.1, 0.15) is 5.56 Å². The zero-order valence-corrected chi connectivity index (χ0v) is 11.4. The quantitative estimate of drug-likeness (QED) is 0.694. The van der Waals surface area contributed by atoms with Gasteiger partial charge >= 0.3 is 0 Å². The van der Waals surface area contributed by atoms with Gasteiger partial charge in [-0.3, -0.25) is 0 Å². The monoisotopic (exact) mass is 264 g/mol. The van der Waals surface area contributed by atoms with Gasteiger partial charge in [0.2, 0.25) is 0 Å². The van der Waals surface area contributed by atoms with Crippen molar-refractivity contribution in [3.05, 3.63) is 72.3 Å². The lowest BCUT2D eigenvalue weighted by molar-refractivity contribution is 0.284. The second-order valence-electron chi connectivity index (χ2n) is 4.62. The average molecular weight is 264 g/mol. The molecular weight excluding hydrogens is 248 g/mol. The predicted octanol–water partition coefficient (Wildman–Crippen LogP) is 4.43. The van der Waals surface area contributed by atoms with E-state index in [0.29, 0.717) is 6.61 Å². The molecule has 0 unspecified atom stereocenters. The molecule has 0 fully saturated rings. The van der Waals surface area contributed by atoms with Gasteiger partial charge in [0.25, 0.3) is 0 Å². The molecule has 3 rings (SSSR count). The molecule has 0 saturated carbocycles. The fourth-order valence-electron chi connectivity index (χ4n) is 2.23. The van der Waals surface area contributed by atoms with Crippen molar-refractivity contribution in [2.24, 2.45) is 0 Å². The van der Waals surface area contributed by atoms with Gasteiger partial charge in [-0.1, -0.05) is 48.5 Å². The van der Waals surface area contributed by atoms with Crippen LogP contribution in [0, 0.1) is 0 Å². The number of hydrogen-bond acceptors (Lipinski definition) is 2. The first-order valence-corrected chi connectivity index (χ1v) is 6.60. The van der Waals surface area contributed by atoms with E-state index >= 15 is 0 Å². The summed E-state index contributed by atoms with van der Waals surface area (Å²) in [5.41, 5.74) is 1.15. The van der Waals surface area contributed by atoms with Crippen molar-refractivity contribution in [2.45, 2.75) is 6.61 Å². The van der Waals surface area contributed by atoms with Gasteiger partial charge < -0.3 is 9.47 Å². The topological polar surface area (TPSA) is 18.5 Å². The molecule has 0 aromatic heterocycles. The molecule has 0 bridgehead atoms. The minimum absolute atomic E-state index is 0.533. The molecule has 0 atom stereocenters. The molecule has 0 spiro atoms. The van der Waals surface area contributed by atoms with Gasteiger partial charge in [0.1, 0.15) is 6.61 Å². The summed E-state index contributed by atoms with van der Waals surface area (Å²) < 4.78 is 11.1. The Labute approximate surface area is 118 Å². The van der Waals surface area contributed by atoms with Gasteiger partial charge in [-0.15, -0.1) is 0 Å². The Morgan fingerprint density at radius 3 is 2.25 bits per heavy atom. The Bertz CT molecular complexity index is 719. The molecule has 0 N–H and O–H groups in total. The van der Waals surface area contributed by atoms with E-state index in [0.717, 1.165) is 17.1 Å². The lowest BCUT2D eigenvalue weighted by atomic mass is 10.1. The van der Waals surface area contributed by atoms with Crippen molar-refractivity contribution in [1.29, 1.82) is 0 Å². The van der Waals surface area contributed by atoms with E-state index in [4.69, 9.17) is 9.47 Å². The van der Waals surface area contributed by atoms with Crippen LogP contribution in [0.3, 0.4) is 0 Å². The number of ether oxygens (including phenoxy) is 2. The summed E-state index contributed by atoms with van der Waals surface area (Å²) in [7, 11) is 1.65. The summed E-state index contributed by atoms with van der Waals surface area (Å²) in [6.07, 6.45) is 0. The van der Waals surface area contributed by atoms with Crippen LogP contribution in [0.2, 0.25) is 0 Å². The standard InChI is InChI=1S/C18H16O2/c1-19-17-8-4-5-9-18(17)20-13-14-10-11-15-6-2-3-7-16(15)12-14/h2-12H,13H2,1H3. The second-order valence-corrected chi connectivity index (χ2v) is 4.62. The molecule has 0 amide bonds. The third kappa shape index (κ3) is 2.59. The molecule has 0 aliphatic heterocycles. The largest absolute Gasteiger partial charge is 0.493 e. The Kier molecular flexibility index (Phi) is 3.55. The van der Waals surface area contributed by atoms with Gasteiger partial charge in [0.15, 0.2) is 11.5 Å². The first-order chi connectivity index (χ1) is 9.86. The average Bonchev–Trinajstić information content (AvgIpc) is 2.53. The molecule has 3 aromatic rings. The third-order valence-electron chi connectivity index (χ3n) is 3.28. The third-order valence-corrected chi connectivity index (χ3v) is 3.28. The van der Waals surface area contributed by atoms with E-state index in [1.54, 1.807) is 7.11 Å². The summed E-state index contributed by atoms with van der Waals surface area (Å²) in [5, 5.41) is 2.47. The maximum Gasteiger partial charge on any atom is 0.161 e. The van der Waals surface area contributed by atoms with Crippen molar-refractivity contribution in [3.63, 3.8) is 0 Å². The highest BCUT2D eigenvalue weighted by molar-refractivity contribution is 5.82. The van der Waals surface area contributed by atoms with Crippen LogP contribution in [-0.4, -0.2) is 7.11 Å². The molecule has 0 aliphatic carbocycles. The van der Waals surface area contributed by atoms with Crippen molar-refractivity contribution in [2.75, 3.05) is 7.11 Å². The Balaban J connectivity index is 1.79. The first-order valence-electron chi connectivity index (χ1n) is 6.60. The predicted molar refractivity (Wildman–Crippen MR) is 81.3 cm³/mol. The summed E-state index contributed by atoms with van der Waals surface area (Å²) >= 11 is 0. The molecule has 100 valence electrons. The van der Waals surface area contributed by atoms with Crippen molar-refractivity contribution >= 4 is 10.8 Å². The Morgan fingerprint density at radius 2 is 1.45 bits per heavy atom. The fraction of sp³-hybridized carbons (Fsp3) is 0.111. The van der Waals surface area contributed by atoms with Gasteiger partial charge in [0.05, 0.1) is 7.11 Å². The van der Waals surface area contributed by atoms with Crippen LogP contribution in [0.5, 0.6) is 11.5 Å². The highest BCUT2D eigenvalue weighted by Gasteiger charge is 2.03. The van der Waals surface area contributed by atoms with E-state index in [-0.39, 0.29) is 0 Å². The number of hydrogen-bond donors (Lipinski definition) is 0. The van der Waals surface area contributed by atoms with E-state index < -0.39 is 0 Å². The van der Waals surface area contributed by atoms with E-state index in [9.17, 15) is 0 Å². The van der Waals surface area contributed by atoms with Crippen LogP contribution in [0.15, 0.2) is 66.7 Å². The molecule has 0 radical (unpaired) electrons. The Hall–Kier alpha value is -2.48. The molecule has 3 aromatic carbocycles. The molecule has 0 heterocycles. The zero-order chi connectivity index (χ0) is 13.8. The Morgan fingerprint density at radius 1 is 0.750 bits per heavy atom. The lowest BCUT2D eigenvalue weighted by Crippen LogP contribution is -1.97. The minimum Gasteiger partial charge on any atom is -0.493 e. The SMILES string of the molecule is COc1ccccc1OCc1ccc2ccccc2c1. The fourth-order valence-corrected chi connectivity index (χ4v) is 2.23. The second kappa shape index (κ2) is 5.66. The summed E-state index contributed by atoms with van der Waals surface area (Å²) in [6, 6.07) is 22.4. The maximum atomic E-state index is 5.84. The summed E-state index contributed by atoms with van der Waals surface area (Å²) in [6.45, 7) is 0.533. The number of benzene rings is 3.